The molecular weight excluding hydrogens is 463 g/mol. The molecule has 0 saturated carbocycles. The van der Waals surface area contributed by atoms with E-state index in [0.29, 0.717) is 34.2 Å². The summed E-state index contributed by atoms with van der Waals surface area (Å²) in [5.41, 5.74) is 0.479. The number of sulfonamides is 1. The van der Waals surface area contributed by atoms with Gasteiger partial charge in [0.05, 0.1) is 17.0 Å². The number of halogens is 3. The molecule has 0 aliphatic carbocycles. The average molecular weight is 482 g/mol. The number of hydrogen-bond donors (Lipinski definition) is 1. The molecule has 1 N–H and O–H groups in total. The Balaban J connectivity index is 1.45. The topological polar surface area (TPSA) is 79.4 Å². The molecule has 6 nitrogen and oxygen atoms in total. The number of hydrogen-bond acceptors (Lipinski definition) is 5. The van der Waals surface area contributed by atoms with Gasteiger partial charge in [0, 0.05) is 29.6 Å². The molecule has 0 spiro atoms. The first-order valence-electron chi connectivity index (χ1n) is 9.64. The van der Waals surface area contributed by atoms with Crippen molar-refractivity contribution in [3.05, 3.63) is 76.3 Å². The van der Waals surface area contributed by atoms with E-state index in [-0.39, 0.29) is 17.7 Å². The van der Waals surface area contributed by atoms with Gasteiger partial charge in [-0.05, 0) is 36.2 Å². The third-order valence-corrected chi connectivity index (χ3v) is 7.68. The summed E-state index contributed by atoms with van der Waals surface area (Å²) >= 11 is 1.16. The number of carbonyl (C=O) groups is 1. The standard InChI is InChI=1S/C21H18F3N3O3S2/c22-21(23,24)16-6-1-4-14(10-16)11-18-13-25-20(31-18)26-19(28)15-5-2-7-17(12-15)27-8-3-9-32(27,29)30/h1-2,4-7,10,12-13H,3,8-9,11H2,(H,25,26,28). The SMILES string of the molecule is O=C(Nc1ncc(Cc2cccc(C(F)(F)F)c2)s1)c1cccc(N2CCCS2(=O)=O)c1. The van der Waals surface area contributed by atoms with E-state index < -0.39 is 27.7 Å². The van der Waals surface area contributed by atoms with Crippen molar-refractivity contribution in [1.82, 2.24) is 4.98 Å². The minimum atomic E-state index is -4.41. The third kappa shape index (κ3) is 4.94. The van der Waals surface area contributed by atoms with Crippen LogP contribution < -0.4 is 9.62 Å². The van der Waals surface area contributed by atoms with Crippen molar-refractivity contribution < 1.29 is 26.4 Å². The highest BCUT2D eigenvalue weighted by Crippen LogP contribution is 2.31. The lowest BCUT2D eigenvalue weighted by molar-refractivity contribution is -0.137. The summed E-state index contributed by atoms with van der Waals surface area (Å²) in [6.45, 7) is 0.374. The maximum Gasteiger partial charge on any atom is 0.416 e. The molecule has 4 rings (SSSR count). The quantitative estimate of drug-likeness (QED) is 0.580. The Bertz CT molecular complexity index is 1260. The summed E-state index contributed by atoms with van der Waals surface area (Å²) in [5.74, 6) is -0.375. The first-order chi connectivity index (χ1) is 15.1. The van der Waals surface area contributed by atoms with Gasteiger partial charge in [0.15, 0.2) is 5.13 Å². The lowest BCUT2D eigenvalue weighted by atomic mass is 10.1. The zero-order valence-electron chi connectivity index (χ0n) is 16.6. The van der Waals surface area contributed by atoms with Crippen molar-refractivity contribution in [3.8, 4) is 0 Å². The second-order valence-corrected chi connectivity index (χ2v) is 10.4. The monoisotopic (exact) mass is 481 g/mol. The molecule has 32 heavy (non-hydrogen) atoms. The van der Waals surface area contributed by atoms with Crippen molar-refractivity contribution >= 4 is 38.1 Å². The van der Waals surface area contributed by atoms with Crippen LogP contribution in [0.15, 0.2) is 54.7 Å². The first-order valence-corrected chi connectivity index (χ1v) is 12.1. The summed E-state index contributed by atoms with van der Waals surface area (Å²) in [5, 5.41) is 2.96. The number of alkyl halides is 3. The van der Waals surface area contributed by atoms with Gasteiger partial charge in [0.25, 0.3) is 5.91 Å². The molecule has 0 unspecified atom stereocenters. The largest absolute Gasteiger partial charge is 0.416 e. The van der Waals surface area contributed by atoms with E-state index in [9.17, 15) is 26.4 Å². The highest BCUT2D eigenvalue weighted by molar-refractivity contribution is 7.93. The van der Waals surface area contributed by atoms with Gasteiger partial charge in [-0.25, -0.2) is 13.4 Å². The second kappa shape index (κ2) is 8.55. The van der Waals surface area contributed by atoms with Gasteiger partial charge < -0.3 is 0 Å². The molecule has 0 radical (unpaired) electrons. The van der Waals surface area contributed by atoms with Gasteiger partial charge in [-0.2, -0.15) is 13.2 Å². The van der Waals surface area contributed by atoms with Gasteiger partial charge in [0.1, 0.15) is 0 Å². The van der Waals surface area contributed by atoms with Gasteiger partial charge in [-0.15, -0.1) is 11.3 Å². The number of amides is 1. The Labute approximate surface area is 186 Å². The zero-order chi connectivity index (χ0) is 22.9. The Kier molecular flexibility index (Phi) is 5.95. The van der Waals surface area contributed by atoms with Crippen LogP contribution >= 0.6 is 11.3 Å². The zero-order valence-corrected chi connectivity index (χ0v) is 18.2. The summed E-state index contributed by atoms with van der Waals surface area (Å²) in [6, 6.07) is 11.4. The van der Waals surface area contributed by atoms with Crippen molar-refractivity contribution in [3.63, 3.8) is 0 Å². The third-order valence-electron chi connectivity index (χ3n) is 4.90. The summed E-state index contributed by atoms with van der Waals surface area (Å²) < 4.78 is 64.2. The predicted molar refractivity (Wildman–Crippen MR) is 117 cm³/mol. The summed E-state index contributed by atoms with van der Waals surface area (Å²) in [7, 11) is -3.36. The van der Waals surface area contributed by atoms with Crippen LogP contribution in [0.2, 0.25) is 0 Å². The van der Waals surface area contributed by atoms with E-state index in [1.54, 1.807) is 24.3 Å². The maximum atomic E-state index is 12.9. The van der Waals surface area contributed by atoms with E-state index in [1.165, 1.54) is 22.6 Å². The average Bonchev–Trinajstić information content (AvgIpc) is 3.32. The number of anilines is 2. The van der Waals surface area contributed by atoms with Gasteiger partial charge in [-0.1, -0.05) is 24.3 Å². The Morgan fingerprint density at radius 3 is 2.66 bits per heavy atom. The van der Waals surface area contributed by atoms with Crippen molar-refractivity contribution in [2.45, 2.75) is 19.0 Å². The van der Waals surface area contributed by atoms with E-state index >= 15 is 0 Å². The van der Waals surface area contributed by atoms with Crippen molar-refractivity contribution in [1.29, 1.82) is 0 Å². The van der Waals surface area contributed by atoms with Crippen LogP contribution in [0, 0.1) is 0 Å². The molecule has 11 heteroatoms. The Morgan fingerprint density at radius 1 is 1.16 bits per heavy atom. The van der Waals surface area contributed by atoms with E-state index in [0.717, 1.165) is 23.5 Å². The van der Waals surface area contributed by atoms with Gasteiger partial charge in [-0.3, -0.25) is 14.4 Å². The molecule has 1 aromatic heterocycles. The number of aromatic nitrogens is 1. The lowest BCUT2D eigenvalue weighted by Crippen LogP contribution is -2.25. The molecular formula is C21H18F3N3O3S2. The fourth-order valence-corrected chi connectivity index (χ4v) is 5.80. The van der Waals surface area contributed by atoms with E-state index in [4.69, 9.17) is 0 Å². The number of carbonyl (C=O) groups excluding carboxylic acids is 1. The number of benzene rings is 2. The molecule has 168 valence electrons. The molecule has 1 fully saturated rings. The highest BCUT2D eigenvalue weighted by atomic mass is 32.2. The van der Waals surface area contributed by atoms with Crippen LogP contribution in [0.1, 0.15) is 32.8 Å². The van der Waals surface area contributed by atoms with Gasteiger partial charge in [0.2, 0.25) is 10.0 Å². The minimum Gasteiger partial charge on any atom is -0.298 e. The molecule has 0 bridgehead atoms. The van der Waals surface area contributed by atoms with Crippen LogP contribution in [-0.4, -0.2) is 31.6 Å². The second-order valence-electron chi connectivity index (χ2n) is 7.25. The van der Waals surface area contributed by atoms with Crippen LogP contribution in [0.25, 0.3) is 0 Å². The van der Waals surface area contributed by atoms with Crippen LogP contribution in [0.5, 0.6) is 0 Å². The Morgan fingerprint density at radius 2 is 1.94 bits per heavy atom. The molecule has 0 atom stereocenters. The van der Waals surface area contributed by atoms with E-state index in [2.05, 4.69) is 10.3 Å². The molecule has 2 heterocycles. The number of nitrogens with one attached hydrogen (secondary N) is 1. The smallest absolute Gasteiger partial charge is 0.298 e. The number of thiazole rings is 1. The summed E-state index contributed by atoms with van der Waals surface area (Å²) in [4.78, 5) is 17.4. The van der Waals surface area contributed by atoms with Gasteiger partial charge >= 0.3 is 6.18 Å². The molecule has 2 aromatic carbocycles. The van der Waals surface area contributed by atoms with Crippen LogP contribution in [0.4, 0.5) is 24.0 Å². The minimum absolute atomic E-state index is 0.0806. The Hall–Kier alpha value is -2.92. The van der Waals surface area contributed by atoms with Crippen LogP contribution in [0.3, 0.4) is 0 Å². The van der Waals surface area contributed by atoms with E-state index in [1.807, 2.05) is 0 Å². The van der Waals surface area contributed by atoms with Crippen molar-refractivity contribution in [2.24, 2.45) is 0 Å². The number of nitrogens with zero attached hydrogens (tertiary/aromatic N) is 2. The molecule has 1 aliphatic heterocycles. The fourth-order valence-electron chi connectivity index (χ4n) is 3.41. The predicted octanol–water partition coefficient (Wildman–Crippen LogP) is 4.54. The molecule has 3 aromatic rings. The number of rotatable bonds is 5. The molecule has 1 aliphatic rings. The lowest BCUT2D eigenvalue weighted by Gasteiger charge is -2.17. The summed E-state index contributed by atoms with van der Waals surface area (Å²) in [6.07, 6.45) is -2.12. The van der Waals surface area contributed by atoms with Crippen LogP contribution in [-0.2, 0) is 22.6 Å². The first kappa shape index (κ1) is 22.3. The normalized spacial score (nSPS) is 15.7. The fraction of sp³-hybridized carbons (Fsp3) is 0.238. The molecule has 1 amide bonds. The molecule has 1 saturated heterocycles. The maximum absolute atomic E-state index is 12.9. The van der Waals surface area contributed by atoms with Crippen molar-refractivity contribution in [2.75, 3.05) is 21.9 Å². The highest BCUT2D eigenvalue weighted by Gasteiger charge is 2.30.